The maximum absolute atomic E-state index is 12.8. The summed E-state index contributed by atoms with van der Waals surface area (Å²) in [6.45, 7) is 2.73. The number of hydrogen-bond acceptors (Lipinski definition) is 6. The van der Waals surface area contributed by atoms with Gasteiger partial charge in [-0.3, -0.25) is 9.59 Å². The van der Waals surface area contributed by atoms with Gasteiger partial charge in [-0.25, -0.2) is 9.59 Å². The summed E-state index contributed by atoms with van der Waals surface area (Å²) in [5.41, 5.74) is 2.04. The third kappa shape index (κ3) is 4.88. The molecule has 3 aromatic carbocycles. The number of nitrogens with zero attached hydrogens (tertiary/aromatic N) is 2. The topological polar surface area (TPSA) is 128 Å². The van der Waals surface area contributed by atoms with Crippen LogP contribution < -0.4 is 21.8 Å². The fraction of sp³-hybridized carbons (Fsp3) is 0.214. The maximum Gasteiger partial charge on any atom is 0.358 e. The number of rotatable bonds is 7. The van der Waals surface area contributed by atoms with Crippen LogP contribution in [0.3, 0.4) is 0 Å². The van der Waals surface area contributed by atoms with Crippen LogP contribution in [0.1, 0.15) is 31.7 Å². The van der Waals surface area contributed by atoms with Crippen molar-refractivity contribution >= 4 is 34.0 Å². The van der Waals surface area contributed by atoms with Gasteiger partial charge in [0.05, 0.1) is 10.8 Å². The zero-order valence-corrected chi connectivity index (χ0v) is 20.7. The Morgan fingerprint density at radius 1 is 0.737 bits per heavy atom. The lowest BCUT2D eigenvalue weighted by molar-refractivity contribution is 0.212. The first-order valence-corrected chi connectivity index (χ1v) is 12.4. The van der Waals surface area contributed by atoms with Gasteiger partial charge in [0.2, 0.25) is 0 Å². The van der Waals surface area contributed by atoms with E-state index in [0.29, 0.717) is 33.2 Å². The fourth-order valence-electron chi connectivity index (χ4n) is 4.15. The molecule has 0 bridgehead atoms. The van der Waals surface area contributed by atoms with E-state index in [1.54, 1.807) is 42.5 Å². The SMILES string of the molecule is CCCCCNC(=O)n1oc2ccc(-c3ccc(CNC(=O)n4oc5ccccc5c4=O)cc3)cc2c1=O. The number of carbonyl (C=O) groups excluding carboxylic acids is 2. The fourth-order valence-corrected chi connectivity index (χ4v) is 4.15. The smallest absolute Gasteiger partial charge is 0.358 e. The van der Waals surface area contributed by atoms with Crippen molar-refractivity contribution in [3.05, 3.63) is 93.0 Å². The number of unbranched alkanes of at least 4 members (excludes halogenated alkanes) is 2. The Morgan fingerprint density at radius 3 is 2.08 bits per heavy atom. The summed E-state index contributed by atoms with van der Waals surface area (Å²) >= 11 is 0. The Bertz CT molecular complexity index is 1740. The Hall–Kier alpha value is -4.86. The van der Waals surface area contributed by atoms with Crippen LogP contribution in [0, 0.1) is 0 Å². The van der Waals surface area contributed by atoms with Crippen molar-refractivity contribution in [1.29, 1.82) is 0 Å². The van der Waals surface area contributed by atoms with Crippen molar-refractivity contribution < 1.29 is 18.6 Å². The van der Waals surface area contributed by atoms with Crippen LogP contribution in [-0.4, -0.2) is 28.1 Å². The molecule has 0 saturated carbocycles. The number of carbonyl (C=O) groups is 2. The normalized spacial score (nSPS) is 11.2. The minimum Gasteiger partial charge on any atom is -0.366 e. The number of benzene rings is 3. The molecule has 0 atom stereocenters. The van der Waals surface area contributed by atoms with E-state index in [1.165, 1.54) is 0 Å². The lowest BCUT2D eigenvalue weighted by Crippen LogP contribution is -2.34. The van der Waals surface area contributed by atoms with Gasteiger partial charge < -0.3 is 19.7 Å². The third-order valence-electron chi connectivity index (χ3n) is 6.23. The van der Waals surface area contributed by atoms with Gasteiger partial charge in [-0.2, -0.15) is 0 Å². The van der Waals surface area contributed by atoms with E-state index in [0.717, 1.165) is 40.7 Å². The minimum atomic E-state index is -0.661. The van der Waals surface area contributed by atoms with Crippen LogP contribution in [0.15, 0.2) is 85.4 Å². The molecule has 2 aromatic heterocycles. The van der Waals surface area contributed by atoms with Gasteiger partial charge in [-0.15, -0.1) is 0 Å². The molecule has 2 N–H and O–H groups in total. The lowest BCUT2D eigenvalue weighted by Gasteiger charge is -2.06. The van der Waals surface area contributed by atoms with E-state index in [1.807, 2.05) is 24.3 Å². The highest BCUT2D eigenvalue weighted by atomic mass is 16.5. The highest BCUT2D eigenvalue weighted by molar-refractivity contribution is 5.86. The molecule has 2 amide bonds. The Balaban J connectivity index is 1.27. The van der Waals surface area contributed by atoms with Crippen LogP contribution >= 0.6 is 0 Å². The van der Waals surface area contributed by atoms with Gasteiger partial charge in [-0.1, -0.05) is 71.7 Å². The second-order valence-corrected chi connectivity index (χ2v) is 8.88. The number of hydrogen-bond donors (Lipinski definition) is 2. The molecule has 0 aliphatic heterocycles. The highest BCUT2D eigenvalue weighted by Gasteiger charge is 2.17. The molecular weight excluding hydrogens is 488 g/mol. The molecule has 194 valence electrons. The van der Waals surface area contributed by atoms with Crippen LogP contribution in [0.4, 0.5) is 9.59 Å². The lowest BCUT2D eigenvalue weighted by atomic mass is 10.0. The van der Waals surface area contributed by atoms with Crippen molar-refractivity contribution in [3.63, 3.8) is 0 Å². The van der Waals surface area contributed by atoms with Crippen molar-refractivity contribution in [2.75, 3.05) is 6.54 Å². The van der Waals surface area contributed by atoms with Gasteiger partial charge in [0, 0.05) is 13.1 Å². The summed E-state index contributed by atoms with van der Waals surface area (Å²) in [5, 5.41) is 6.02. The number of fused-ring (bicyclic) bond motifs is 2. The summed E-state index contributed by atoms with van der Waals surface area (Å²) in [4.78, 5) is 50.0. The molecule has 0 spiro atoms. The van der Waals surface area contributed by atoms with E-state index < -0.39 is 23.2 Å². The van der Waals surface area contributed by atoms with Crippen LogP contribution in [0.25, 0.3) is 33.1 Å². The van der Waals surface area contributed by atoms with Gasteiger partial charge in [0.1, 0.15) is 0 Å². The van der Waals surface area contributed by atoms with Gasteiger partial charge in [0.15, 0.2) is 11.2 Å². The predicted octanol–water partition coefficient (Wildman–Crippen LogP) is 4.68. The molecule has 2 heterocycles. The molecule has 38 heavy (non-hydrogen) atoms. The summed E-state index contributed by atoms with van der Waals surface area (Å²) in [5.74, 6) is 0. The van der Waals surface area contributed by atoms with E-state index in [-0.39, 0.29) is 6.54 Å². The second kappa shape index (κ2) is 10.6. The molecule has 0 fully saturated rings. The average molecular weight is 515 g/mol. The number of amides is 2. The number of nitrogens with one attached hydrogen (secondary N) is 2. The summed E-state index contributed by atoms with van der Waals surface area (Å²) in [7, 11) is 0. The molecule has 0 saturated heterocycles. The number of para-hydroxylation sites is 1. The monoisotopic (exact) mass is 514 g/mol. The second-order valence-electron chi connectivity index (χ2n) is 8.88. The minimum absolute atomic E-state index is 0.182. The summed E-state index contributed by atoms with van der Waals surface area (Å²) in [6, 6.07) is 17.9. The van der Waals surface area contributed by atoms with Crippen molar-refractivity contribution in [1.82, 2.24) is 20.1 Å². The molecular formula is C28H26N4O6. The van der Waals surface area contributed by atoms with Gasteiger partial charge in [0.25, 0.3) is 11.1 Å². The zero-order chi connectivity index (χ0) is 26.6. The van der Waals surface area contributed by atoms with Gasteiger partial charge >= 0.3 is 12.1 Å². The molecule has 0 aliphatic carbocycles. The number of aromatic nitrogens is 2. The van der Waals surface area contributed by atoms with Gasteiger partial charge in [-0.05, 0) is 47.4 Å². The van der Waals surface area contributed by atoms with Crippen molar-refractivity contribution in [2.24, 2.45) is 0 Å². The molecule has 0 aliphatic rings. The van der Waals surface area contributed by atoms with Crippen molar-refractivity contribution in [2.45, 2.75) is 32.7 Å². The van der Waals surface area contributed by atoms with Crippen LogP contribution in [0.5, 0.6) is 0 Å². The molecule has 10 nitrogen and oxygen atoms in total. The Morgan fingerprint density at radius 2 is 1.37 bits per heavy atom. The van der Waals surface area contributed by atoms with E-state index in [4.69, 9.17) is 9.05 Å². The standard InChI is InChI=1S/C28H26N4O6/c1-2-3-6-15-29-27(35)32-26(34)22-16-20(13-14-24(22)38-32)19-11-9-18(10-12-19)17-30-28(36)31-25(33)21-7-4-5-8-23(21)37-31/h4-5,7-14,16H,2-3,6,15,17H2,1H3,(H,29,35)(H,30,36). The highest BCUT2D eigenvalue weighted by Crippen LogP contribution is 2.24. The zero-order valence-electron chi connectivity index (χ0n) is 20.7. The maximum atomic E-state index is 12.8. The van der Waals surface area contributed by atoms with Crippen LogP contribution in [0.2, 0.25) is 0 Å². The van der Waals surface area contributed by atoms with E-state index in [2.05, 4.69) is 17.6 Å². The van der Waals surface area contributed by atoms with E-state index in [9.17, 15) is 19.2 Å². The van der Waals surface area contributed by atoms with E-state index >= 15 is 0 Å². The first-order valence-electron chi connectivity index (χ1n) is 12.4. The molecule has 0 unspecified atom stereocenters. The summed E-state index contributed by atoms with van der Waals surface area (Å²) < 4.78 is 12.3. The molecule has 5 aromatic rings. The predicted molar refractivity (Wildman–Crippen MR) is 142 cm³/mol. The van der Waals surface area contributed by atoms with Crippen LogP contribution in [-0.2, 0) is 6.54 Å². The quantitative estimate of drug-likeness (QED) is 0.304. The summed E-state index contributed by atoms with van der Waals surface area (Å²) in [6.07, 6.45) is 2.85. The first-order chi connectivity index (χ1) is 18.5. The average Bonchev–Trinajstić information content (AvgIpc) is 3.46. The van der Waals surface area contributed by atoms with Crippen molar-refractivity contribution in [3.8, 4) is 11.1 Å². The Labute approximate surface area is 216 Å². The molecule has 0 radical (unpaired) electrons. The Kier molecular flexibility index (Phi) is 6.94. The third-order valence-corrected chi connectivity index (χ3v) is 6.23. The molecule has 5 rings (SSSR count). The largest absolute Gasteiger partial charge is 0.366 e. The molecule has 10 heteroatoms. The first kappa shape index (κ1) is 24.8.